The van der Waals surface area contributed by atoms with Crippen molar-refractivity contribution in [1.29, 1.82) is 0 Å². The van der Waals surface area contributed by atoms with Crippen LogP contribution in [0.2, 0.25) is 0 Å². The Hall–Kier alpha value is -3.42. The second-order valence-electron chi connectivity index (χ2n) is 12.5. The first-order valence-corrected chi connectivity index (χ1v) is 12.9. The van der Waals surface area contributed by atoms with Crippen molar-refractivity contribution in [3.8, 4) is 11.5 Å². The van der Waals surface area contributed by atoms with Crippen molar-refractivity contribution >= 4 is 11.3 Å². The molecule has 0 N–H and O–H groups in total. The van der Waals surface area contributed by atoms with Gasteiger partial charge in [-0.2, -0.15) is 0 Å². The highest BCUT2D eigenvalue weighted by Crippen LogP contribution is 2.53. The summed E-state index contributed by atoms with van der Waals surface area (Å²) in [5.41, 5.74) is 2.81. The van der Waals surface area contributed by atoms with Crippen LogP contribution in [0.5, 0.6) is 11.5 Å². The highest BCUT2D eigenvalue weighted by molar-refractivity contribution is 5.90. The first kappa shape index (κ1) is 25.8. The van der Waals surface area contributed by atoms with Gasteiger partial charge in [-0.15, -0.1) is 0 Å². The lowest BCUT2D eigenvalue weighted by Gasteiger charge is -2.30. The van der Waals surface area contributed by atoms with Crippen molar-refractivity contribution < 1.29 is 26.7 Å². The second kappa shape index (κ2) is 7.83. The summed E-state index contributed by atoms with van der Waals surface area (Å²) >= 11 is 0. The van der Waals surface area contributed by atoms with Crippen LogP contribution in [-0.2, 0) is 10.8 Å². The van der Waals surface area contributed by atoms with Gasteiger partial charge < -0.3 is 9.64 Å². The molecule has 0 aromatic heterocycles. The molecule has 0 atom stereocenters. The Kier molecular flexibility index (Phi) is 5.19. The average molecular weight is 542 g/mol. The molecule has 3 heterocycles. The van der Waals surface area contributed by atoms with Crippen LogP contribution in [0.4, 0.5) is 27.6 Å². The van der Waals surface area contributed by atoms with E-state index in [0.29, 0.717) is 35.4 Å². The number of nitrogens with zero attached hydrogens (tertiary/aromatic N) is 2. The SMILES string of the molecule is Cc1cc2c(c3c1N(C)CC3(C)C)Oc1c3c(c(C)cc1=C2c1c(F)c(F)c(F)c(F)c1F)=[N+](C)CC3(C)C. The quantitative estimate of drug-likeness (QED) is 0.137. The Labute approximate surface area is 223 Å². The number of benzene rings is 3. The molecule has 8 heteroatoms. The molecular formula is C31H30F5N2O+. The molecule has 3 aromatic carbocycles. The largest absolute Gasteiger partial charge is 0.455 e. The molecule has 0 amide bonds. The normalized spacial score (nSPS) is 18.1. The molecular weight excluding hydrogens is 511 g/mol. The maximum absolute atomic E-state index is 15.6. The van der Waals surface area contributed by atoms with Crippen molar-refractivity contribution in [2.24, 2.45) is 0 Å². The lowest BCUT2D eigenvalue weighted by atomic mass is 9.79. The predicted octanol–water partition coefficient (Wildman–Crippen LogP) is 5.49. The number of aryl methyl sites for hydroxylation is 2. The fourth-order valence-corrected chi connectivity index (χ4v) is 7.25. The zero-order chi connectivity index (χ0) is 28.5. The summed E-state index contributed by atoms with van der Waals surface area (Å²) in [6.07, 6.45) is 0. The van der Waals surface area contributed by atoms with Crippen LogP contribution < -0.4 is 24.8 Å². The number of hydrogen-bond acceptors (Lipinski definition) is 2. The van der Waals surface area contributed by atoms with Gasteiger partial charge in [0.2, 0.25) is 11.2 Å². The number of ether oxygens (including phenoxy) is 1. The van der Waals surface area contributed by atoms with E-state index < -0.39 is 45.5 Å². The first-order chi connectivity index (χ1) is 18.1. The summed E-state index contributed by atoms with van der Waals surface area (Å²) in [6.45, 7) is 13.4. The Bertz CT molecular complexity index is 1760. The summed E-state index contributed by atoms with van der Waals surface area (Å²) in [5, 5.41) is 1.26. The summed E-state index contributed by atoms with van der Waals surface area (Å²) in [5.74, 6) is -9.04. The third-order valence-corrected chi connectivity index (χ3v) is 8.47. The van der Waals surface area contributed by atoms with Gasteiger partial charge in [0.1, 0.15) is 18.5 Å². The van der Waals surface area contributed by atoms with Gasteiger partial charge in [0.15, 0.2) is 29.8 Å². The van der Waals surface area contributed by atoms with E-state index in [0.717, 1.165) is 33.3 Å². The smallest absolute Gasteiger partial charge is 0.210 e. The van der Waals surface area contributed by atoms with Gasteiger partial charge >= 0.3 is 0 Å². The molecule has 3 aromatic rings. The third kappa shape index (κ3) is 3.23. The molecule has 0 aliphatic carbocycles. The predicted molar refractivity (Wildman–Crippen MR) is 141 cm³/mol. The fraction of sp³-hybridized carbons (Fsp3) is 0.387. The minimum Gasteiger partial charge on any atom is -0.455 e. The average Bonchev–Trinajstić information content (AvgIpc) is 3.24. The van der Waals surface area contributed by atoms with Crippen LogP contribution in [0.1, 0.15) is 61.1 Å². The van der Waals surface area contributed by atoms with E-state index in [9.17, 15) is 13.2 Å². The molecule has 0 fully saturated rings. The van der Waals surface area contributed by atoms with E-state index in [1.165, 1.54) is 0 Å². The second-order valence-corrected chi connectivity index (χ2v) is 12.5. The van der Waals surface area contributed by atoms with E-state index in [1.54, 1.807) is 12.1 Å². The van der Waals surface area contributed by atoms with Crippen molar-refractivity contribution in [2.75, 3.05) is 32.1 Å². The van der Waals surface area contributed by atoms with Crippen LogP contribution in [-0.4, -0.2) is 27.2 Å². The van der Waals surface area contributed by atoms with Crippen molar-refractivity contribution in [3.05, 3.63) is 85.2 Å². The lowest BCUT2D eigenvalue weighted by molar-refractivity contribution is 0.376. The van der Waals surface area contributed by atoms with Crippen LogP contribution in [0, 0.1) is 42.9 Å². The Morgan fingerprint density at radius 3 is 2.00 bits per heavy atom. The molecule has 0 unspecified atom stereocenters. The maximum atomic E-state index is 15.6. The van der Waals surface area contributed by atoms with Crippen LogP contribution in [0.3, 0.4) is 0 Å². The summed E-state index contributed by atoms with van der Waals surface area (Å²) < 4.78 is 83.4. The van der Waals surface area contributed by atoms with Crippen LogP contribution in [0.25, 0.3) is 5.57 Å². The van der Waals surface area contributed by atoms with Crippen molar-refractivity contribution in [3.63, 3.8) is 0 Å². The van der Waals surface area contributed by atoms with Gasteiger partial charge in [-0.05, 0) is 45.4 Å². The Balaban J connectivity index is 1.90. The van der Waals surface area contributed by atoms with Gasteiger partial charge in [-0.25, -0.2) is 26.5 Å². The highest BCUT2D eigenvalue weighted by atomic mass is 19.2. The lowest BCUT2D eigenvalue weighted by Crippen LogP contribution is -2.32. The summed E-state index contributed by atoms with van der Waals surface area (Å²) in [7, 11) is 3.94. The maximum Gasteiger partial charge on any atom is 0.210 e. The fourth-order valence-electron chi connectivity index (χ4n) is 7.25. The molecule has 0 radical (unpaired) electrons. The van der Waals surface area contributed by atoms with Gasteiger partial charge in [0.05, 0.1) is 16.5 Å². The molecule has 3 aliphatic heterocycles. The van der Waals surface area contributed by atoms with E-state index >= 15 is 8.78 Å². The molecule has 0 spiro atoms. The van der Waals surface area contributed by atoms with E-state index in [4.69, 9.17) is 4.74 Å². The summed E-state index contributed by atoms with van der Waals surface area (Å²) in [4.78, 5) is 2.11. The highest BCUT2D eigenvalue weighted by Gasteiger charge is 2.45. The van der Waals surface area contributed by atoms with Gasteiger partial charge in [-0.3, -0.25) is 0 Å². The van der Waals surface area contributed by atoms with Gasteiger partial charge in [-0.1, -0.05) is 13.8 Å². The van der Waals surface area contributed by atoms with Crippen LogP contribution in [0.15, 0.2) is 12.1 Å². The molecule has 204 valence electrons. The Morgan fingerprint density at radius 1 is 0.795 bits per heavy atom. The third-order valence-electron chi connectivity index (χ3n) is 8.47. The topological polar surface area (TPSA) is 15.5 Å². The molecule has 39 heavy (non-hydrogen) atoms. The number of halogens is 5. The van der Waals surface area contributed by atoms with Gasteiger partial charge in [0, 0.05) is 52.2 Å². The van der Waals surface area contributed by atoms with Crippen molar-refractivity contribution in [2.45, 2.75) is 52.4 Å². The van der Waals surface area contributed by atoms with E-state index in [2.05, 4.69) is 37.2 Å². The number of rotatable bonds is 1. The minimum absolute atomic E-state index is 0.0495. The molecule has 6 rings (SSSR count). The van der Waals surface area contributed by atoms with Crippen molar-refractivity contribution in [1.82, 2.24) is 4.58 Å². The number of likely N-dealkylation sites (N-methyl/N-ethyl adjacent to an activating group) is 2. The standard InChI is InChI=1S/C31H30F5N2O/c1-13-9-15-17(18-21(32)23(34)25(36)24(35)22(18)33)16-10-14(2)27-20(31(5,6)12-38(27)8)29(16)39-28(15)19-26(13)37(7)11-30(19,3)4/h9-10H,11-12H2,1-8H3/q+1. The number of fused-ring (bicyclic) bond motifs is 6. The van der Waals surface area contributed by atoms with E-state index in [1.807, 2.05) is 27.9 Å². The molecule has 0 saturated heterocycles. The molecule has 0 saturated carbocycles. The monoisotopic (exact) mass is 541 g/mol. The first-order valence-electron chi connectivity index (χ1n) is 12.9. The molecule has 0 bridgehead atoms. The number of anilines is 1. The van der Waals surface area contributed by atoms with E-state index in [-0.39, 0.29) is 5.57 Å². The zero-order valence-electron chi connectivity index (χ0n) is 23.3. The number of hydrogen-bond donors (Lipinski definition) is 0. The zero-order valence-corrected chi connectivity index (χ0v) is 23.3. The molecule has 3 nitrogen and oxygen atoms in total. The molecule has 3 aliphatic rings. The van der Waals surface area contributed by atoms with Crippen LogP contribution >= 0.6 is 0 Å². The van der Waals surface area contributed by atoms with Gasteiger partial charge in [0.25, 0.3) is 0 Å². The Morgan fingerprint density at radius 2 is 1.38 bits per heavy atom. The minimum atomic E-state index is -2.18. The summed E-state index contributed by atoms with van der Waals surface area (Å²) in [6, 6.07) is 3.48.